The molecule has 118 valence electrons. The van der Waals surface area contributed by atoms with E-state index in [4.69, 9.17) is 4.43 Å². The second kappa shape index (κ2) is 8.04. The summed E-state index contributed by atoms with van der Waals surface area (Å²) in [4.78, 5) is 12.8. The second-order valence-corrected chi connectivity index (χ2v) is 11.7. The van der Waals surface area contributed by atoms with Crippen molar-refractivity contribution < 1.29 is 9.22 Å². The van der Waals surface area contributed by atoms with Crippen molar-refractivity contribution in [3.8, 4) is 0 Å². The number of rotatable bonds is 8. The average Bonchev–Trinajstić information content (AvgIpc) is 2.53. The molecule has 0 amide bonds. The third kappa shape index (κ3) is 4.61. The number of carbonyl (C=O) groups excluding carboxylic acids is 1. The van der Waals surface area contributed by atoms with Gasteiger partial charge in [-0.05, 0) is 43.3 Å². The van der Waals surface area contributed by atoms with Crippen LogP contribution in [0.15, 0.2) is 30.3 Å². The van der Waals surface area contributed by atoms with E-state index in [-0.39, 0.29) is 5.97 Å². The highest BCUT2D eigenvalue weighted by Crippen LogP contribution is 2.32. The van der Waals surface area contributed by atoms with E-state index in [0.29, 0.717) is 0 Å². The van der Waals surface area contributed by atoms with Gasteiger partial charge < -0.3 is 4.43 Å². The molecule has 1 atom stereocenters. The zero-order valence-electron chi connectivity index (χ0n) is 13.9. The molecule has 0 saturated carbocycles. The highest BCUT2D eigenvalue weighted by molar-refractivity contribution is 8.00. The molecule has 1 rings (SSSR count). The van der Waals surface area contributed by atoms with Crippen LogP contribution in [0, 0.1) is 0 Å². The highest BCUT2D eigenvalue weighted by atomic mass is 32.2. The van der Waals surface area contributed by atoms with E-state index in [9.17, 15) is 4.79 Å². The lowest BCUT2D eigenvalue weighted by atomic mass is 10.0. The van der Waals surface area contributed by atoms with Gasteiger partial charge in [0.2, 0.25) is 0 Å². The molecule has 0 saturated heterocycles. The molecule has 2 nitrogen and oxygen atoms in total. The molecule has 0 spiro atoms. The molecule has 0 aliphatic rings. The van der Waals surface area contributed by atoms with Crippen molar-refractivity contribution in [2.45, 2.75) is 57.0 Å². The summed E-state index contributed by atoms with van der Waals surface area (Å²) in [6.45, 7) is 8.47. The van der Waals surface area contributed by atoms with E-state index in [1.807, 2.05) is 31.4 Å². The molecule has 0 heterocycles. The number of hydrogen-bond donors (Lipinski definition) is 0. The Labute approximate surface area is 134 Å². The molecule has 1 unspecified atom stereocenters. The van der Waals surface area contributed by atoms with Gasteiger partial charge in [-0.25, -0.2) is 0 Å². The van der Waals surface area contributed by atoms with Gasteiger partial charge in [-0.3, -0.25) is 4.79 Å². The first-order valence-corrected chi connectivity index (χ1v) is 11.5. The van der Waals surface area contributed by atoms with Crippen LogP contribution < -0.4 is 0 Å². The van der Waals surface area contributed by atoms with Gasteiger partial charge in [0, 0.05) is 0 Å². The Morgan fingerprint density at radius 2 is 1.67 bits per heavy atom. The summed E-state index contributed by atoms with van der Waals surface area (Å²) in [6.07, 6.45) is 2.72. The van der Waals surface area contributed by atoms with Crippen molar-refractivity contribution in [3.63, 3.8) is 0 Å². The van der Waals surface area contributed by atoms with E-state index >= 15 is 0 Å². The molecule has 0 bridgehead atoms. The molecule has 0 radical (unpaired) electrons. The Hall–Kier alpha value is -0.743. The molecule has 0 N–H and O–H groups in total. The third-order valence-corrected chi connectivity index (χ3v) is 10.2. The van der Waals surface area contributed by atoms with Crippen LogP contribution in [0.1, 0.15) is 33.3 Å². The van der Waals surface area contributed by atoms with Crippen LogP contribution in [0.2, 0.25) is 18.1 Å². The zero-order chi connectivity index (χ0) is 15.9. The standard InChI is InChI=1S/C17H28O2SSi/c1-6-21(7-2,8-3)19-16(18)17(4,20-5)14-15-12-10-9-11-13-15/h9-13H,6-8,14H2,1-5H3. The zero-order valence-corrected chi connectivity index (χ0v) is 15.8. The SMILES string of the molecule is CC[Si](CC)(CC)OC(=O)C(C)(Cc1ccccc1)SC. The Kier molecular flexibility index (Phi) is 7.01. The van der Waals surface area contributed by atoms with Crippen LogP contribution in [-0.2, 0) is 15.6 Å². The summed E-state index contributed by atoms with van der Waals surface area (Å²) in [5, 5.41) is 0. The first-order chi connectivity index (χ1) is 9.95. The molecule has 0 fully saturated rings. The number of carbonyl (C=O) groups is 1. The van der Waals surface area contributed by atoms with Crippen LogP contribution in [0.25, 0.3) is 0 Å². The summed E-state index contributed by atoms with van der Waals surface area (Å²) in [7, 11) is -1.89. The first-order valence-electron chi connectivity index (χ1n) is 7.77. The van der Waals surface area contributed by atoms with E-state index in [1.165, 1.54) is 5.56 Å². The van der Waals surface area contributed by atoms with Gasteiger partial charge in [0.15, 0.2) is 0 Å². The minimum atomic E-state index is -1.89. The molecule has 1 aromatic rings. The number of benzene rings is 1. The van der Waals surface area contributed by atoms with Crippen molar-refractivity contribution in [3.05, 3.63) is 35.9 Å². The van der Waals surface area contributed by atoms with Crippen molar-refractivity contribution in [2.24, 2.45) is 0 Å². The van der Waals surface area contributed by atoms with Crippen molar-refractivity contribution >= 4 is 26.0 Å². The monoisotopic (exact) mass is 324 g/mol. The summed E-state index contributed by atoms with van der Waals surface area (Å²) in [5.74, 6) is -0.0314. The average molecular weight is 325 g/mol. The highest BCUT2D eigenvalue weighted by Gasteiger charge is 2.40. The van der Waals surface area contributed by atoms with Gasteiger partial charge in [0.05, 0.1) is 0 Å². The fourth-order valence-corrected chi connectivity index (χ4v) is 5.63. The maximum Gasteiger partial charge on any atom is 0.308 e. The van der Waals surface area contributed by atoms with Crippen LogP contribution >= 0.6 is 11.8 Å². The molecule has 0 aliphatic carbocycles. The maximum absolute atomic E-state index is 12.8. The van der Waals surface area contributed by atoms with Crippen molar-refractivity contribution in [2.75, 3.05) is 6.26 Å². The quantitative estimate of drug-likeness (QED) is 0.636. The van der Waals surface area contributed by atoms with Crippen LogP contribution in [0.3, 0.4) is 0 Å². The van der Waals surface area contributed by atoms with Gasteiger partial charge >= 0.3 is 5.97 Å². The smallest absolute Gasteiger partial charge is 0.308 e. The Morgan fingerprint density at radius 1 is 1.14 bits per heavy atom. The largest absolute Gasteiger partial charge is 0.518 e. The lowest BCUT2D eigenvalue weighted by Crippen LogP contribution is -2.46. The molecule has 1 aromatic carbocycles. The maximum atomic E-state index is 12.8. The van der Waals surface area contributed by atoms with E-state index in [2.05, 4.69) is 32.9 Å². The van der Waals surface area contributed by atoms with E-state index in [1.54, 1.807) is 11.8 Å². The van der Waals surface area contributed by atoms with Gasteiger partial charge in [0.1, 0.15) is 4.75 Å². The van der Waals surface area contributed by atoms with Gasteiger partial charge in [-0.15, -0.1) is 11.8 Å². The second-order valence-electron chi connectivity index (χ2n) is 5.73. The van der Waals surface area contributed by atoms with Gasteiger partial charge in [0.25, 0.3) is 8.32 Å². The molecule has 0 aromatic heterocycles. The van der Waals surface area contributed by atoms with Gasteiger partial charge in [-0.1, -0.05) is 51.1 Å². The molecular weight excluding hydrogens is 296 g/mol. The van der Waals surface area contributed by atoms with Crippen LogP contribution in [0.4, 0.5) is 0 Å². The normalized spacial score (nSPS) is 14.5. The lowest BCUT2D eigenvalue weighted by Gasteiger charge is -2.34. The van der Waals surface area contributed by atoms with E-state index < -0.39 is 13.1 Å². The molecular formula is C17H28O2SSi. The van der Waals surface area contributed by atoms with Crippen molar-refractivity contribution in [1.29, 1.82) is 0 Å². The Bertz CT molecular complexity index is 437. The summed E-state index contributed by atoms with van der Waals surface area (Å²) < 4.78 is 5.59. The number of thioether (sulfide) groups is 1. The minimum absolute atomic E-state index is 0.0314. The molecule has 0 aliphatic heterocycles. The van der Waals surface area contributed by atoms with Gasteiger partial charge in [-0.2, -0.15) is 0 Å². The predicted octanol–water partition coefficient (Wildman–Crippen LogP) is 4.90. The summed E-state index contributed by atoms with van der Waals surface area (Å²) >= 11 is 1.60. The fourth-order valence-electron chi connectivity index (χ4n) is 2.48. The minimum Gasteiger partial charge on any atom is -0.518 e. The Balaban J connectivity index is 2.89. The summed E-state index contributed by atoms with van der Waals surface area (Å²) in [6, 6.07) is 13.2. The topological polar surface area (TPSA) is 26.3 Å². The Morgan fingerprint density at radius 3 is 2.10 bits per heavy atom. The molecule has 21 heavy (non-hydrogen) atoms. The fraction of sp³-hybridized carbons (Fsp3) is 0.588. The van der Waals surface area contributed by atoms with Crippen molar-refractivity contribution in [1.82, 2.24) is 0 Å². The number of hydrogen-bond acceptors (Lipinski definition) is 3. The first kappa shape index (κ1) is 18.3. The molecule has 4 heteroatoms. The lowest BCUT2D eigenvalue weighted by molar-refractivity contribution is -0.137. The third-order valence-electron chi connectivity index (χ3n) is 4.51. The van der Waals surface area contributed by atoms with Crippen LogP contribution in [0.5, 0.6) is 0 Å². The van der Waals surface area contributed by atoms with Crippen LogP contribution in [-0.4, -0.2) is 25.3 Å². The summed E-state index contributed by atoms with van der Waals surface area (Å²) in [5.41, 5.74) is 1.18. The van der Waals surface area contributed by atoms with E-state index in [0.717, 1.165) is 24.6 Å². The predicted molar refractivity (Wildman–Crippen MR) is 95.4 cm³/mol.